The third kappa shape index (κ3) is 4.58. The van der Waals surface area contributed by atoms with Gasteiger partial charge in [-0.3, -0.25) is 9.59 Å². The van der Waals surface area contributed by atoms with Crippen molar-refractivity contribution < 1.29 is 28.7 Å². The number of nitrogens with one attached hydrogen (secondary N) is 1. The number of amides is 2. The molecular weight excluding hydrogens is 484 g/mol. The van der Waals surface area contributed by atoms with Gasteiger partial charge in [0, 0.05) is 5.69 Å². The summed E-state index contributed by atoms with van der Waals surface area (Å²) in [6, 6.07) is 17.8. The van der Waals surface area contributed by atoms with Crippen LogP contribution in [-0.2, 0) is 14.3 Å². The lowest BCUT2D eigenvalue weighted by Crippen LogP contribution is -2.33. The van der Waals surface area contributed by atoms with Crippen LogP contribution < -0.4 is 15.0 Å². The number of hydrogen-bond acceptors (Lipinski definition) is 7. The molecule has 0 bridgehead atoms. The molecule has 2 amide bonds. The van der Waals surface area contributed by atoms with Crippen LogP contribution in [0.4, 0.5) is 11.4 Å². The van der Waals surface area contributed by atoms with Crippen molar-refractivity contribution >= 4 is 46.7 Å². The maximum absolute atomic E-state index is 13.1. The molecule has 36 heavy (non-hydrogen) atoms. The van der Waals surface area contributed by atoms with Gasteiger partial charge in [-0.25, -0.2) is 14.5 Å². The highest BCUT2D eigenvalue weighted by molar-refractivity contribution is 6.53. The predicted octanol–water partition coefficient (Wildman–Crippen LogP) is 4.74. The fourth-order valence-electron chi connectivity index (χ4n) is 3.73. The van der Waals surface area contributed by atoms with E-state index in [0.717, 1.165) is 16.0 Å². The van der Waals surface area contributed by atoms with Gasteiger partial charge >= 0.3 is 11.9 Å². The Balaban J connectivity index is 1.53. The number of anilines is 2. The summed E-state index contributed by atoms with van der Waals surface area (Å²) in [7, 11) is 1.20. The fraction of sp³-hybridized carbons (Fsp3) is 0.111. The number of aryl methyl sites for hydroxylation is 2. The molecule has 1 aliphatic rings. The van der Waals surface area contributed by atoms with Crippen molar-refractivity contribution in [2.24, 2.45) is 0 Å². The van der Waals surface area contributed by atoms with Crippen molar-refractivity contribution in [2.75, 3.05) is 17.3 Å². The molecule has 0 atom stereocenters. The van der Waals surface area contributed by atoms with Gasteiger partial charge in [-0.05, 0) is 61.4 Å². The number of rotatable bonds is 6. The van der Waals surface area contributed by atoms with Gasteiger partial charge in [0.05, 0.1) is 23.9 Å². The van der Waals surface area contributed by atoms with Crippen molar-refractivity contribution in [3.63, 3.8) is 0 Å². The van der Waals surface area contributed by atoms with Crippen LogP contribution in [0.2, 0.25) is 0 Å². The Morgan fingerprint density at radius 2 is 1.47 bits per heavy atom. The van der Waals surface area contributed by atoms with Gasteiger partial charge in [-0.1, -0.05) is 41.9 Å². The average molecular weight is 505 g/mol. The Hall–Kier alpha value is -4.43. The van der Waals surface area contributed by atoms with Gasteiger partial charge in [0.2, 0.25) is 0 Å². The van der Waals surface area contributed by atoms with E-state index in [2.05, 4.69) is 5.32 Å². The van der Waals surface area contributed by atoms with E-state index in [1.54, 1.807) is 24.3 Å². The van der Waals surface area contributed by atoms with Gasteiger partial charge in [0.15, 0.2) is 0 Å². The van der Waals surface area contributed by atoms with Crippen LogP contribution in [0, 0.1) is 13.8 Å². The Labute approximate surface area is 212 Å². The molecule has 0 aliphatic carbocycles. The lowest BCUT2D eigenvalue weighted by atomic mass is 10.1. The zero-order chi connectivity index (χ0) is 26.0. The van der Waals surface area contributed by atoms with Crippen LogP contribution in [-0.4, -0.2) is 30.9 Å². The minimum atomic E-state index is -0.783. The lowest BCUT2D eigenvalue weighted by Gasteiger charge is -2.18. The molecular formula is C27H21ClN2O6. The molecule has 0 fully saturated rings. The summed E-state index contributed by atoms with van der Waals surface area (Å²) < 4.78 is 10.3. The molecule has 182 valence electrons. The predicted molar refractivity (Wildman–Crippen MR) is 134 cm³/mol. The molecule has 0 radical (unpaired) electrons. The third-order valence-electron chi connectivity index (χ3n) is 5.57. The van der Waals surface area contributed by atoms with Gasteiger partial charge in [-0.15, -0.1) is 0 Å². The van der Waals surface area contributed by atoms with E-state index in [4.69, 9.17) is 21.1 Å². The Kier molecular flexibility index (Phi) is 6.89. The number of esters is 2. The van der Waals surface area contributed by atoms with Crippen LogP contribution in [0.25, 0.3) is 0 Å². The summed E-state index contributed by atoms with van der Waals surface area (Å²) >= 11 is 6.20. The highest BCUT2D eigenvalue weighted by Gasteiger charge is 2.40. The standard InChI is InChI=1S/C27H21ClN2O6/c1-15-7-6-8-16(2)23(15)36-26(33)17-11-13-18(14-12-17)29-22-21(28)24(31)30(25(22)32)20-10-5-4-9-19(20)27(34)35-3/h4-14,29H,1-3H3. The van der Waals surface area contributed by atoms with Gasteiger partial charge in [0.1, 0.15) is 16.5 Å². The SMILES string of the molecule is COC(=O)c1ccccc1N1C(=O)C(Cl)=C(Nc2ccc(C(=O)Oc3c(C)cccc3C)cc2)C1=O. The summed E-state index contributed by atoms with van der Waals surface area (Å²) in [4.78, 5) is 51.5. The van der Waals surface area contributed by atoms with Crippen LogP contribution in [0.1, 0.15) is 31.8 Å². The number of carbonyl (C=O) groups is 4. The van der Waals surface area contributed by atoms with E-state index in [-0.39, 0.29) is 22.0 Å². The smallest absolute Gasteiger partial charge is 0.343 e. The topological polar surface area (TPSA) is 102 Å². The van der Waals surface area contributed by atoms with E-state index in [1.807, 2.05) is 32.0 Å². The maximum Gasteiger partial charge on any atom is 0.343 e. The number of ether oxygens (including phenoxy) is 2. The van der Waals surface area contributed by atoms with E-state index in [0.29, 0.717) is 17.0 Å². The number of nitrogens with zero attached hydrogens (tertiary/aromatic N) is 1. The summed E-state index contributed by atoms with van der Waals surface area (Å²) in [6.45, 7) is 3.71. The molecule has 1 aliphatic heterocycles. The molecule has 0 saturated heterocycles. The first-order valence-corrected chi connectivity index (χ1v) is 11.2. The van der Waals surface area contributed by atoms with Crippen LogP contribution in [0.5, 0.6) is 5.75 Å². The first-order valence-electron chi connectivity index (χ1n) is 10.8. The second kappa shape index (κ2) is 10.1. The van der Waals surface area contributed by atoms with Crippen molar-refractivity contribution in [1.82, 2.24) is 0 Å². The number of hydrogen-bond donors (Lipinski definition) is 1. The van der Waals surface area contributed by atoms with E-state index in [1.165, 1.54) is 31.4 Å². The van der Waals surface area contributed by atoms with Crippen LogP contribution in [0.3, 0.4) is 0 Å². The van der Waals surface area contributed by atoms with Crippen molar-refractivity contribution in [1.29, 1.82) is 0 Å². The Bertz CT molecular complexity index is 1410. The quantitative estimate of drug-likeness (QED) is 0.294. The first-order chi connectivity index (χ1) is 17.2. The minimum Gasteiger partial charge on any atom is -0.465 e. The summed E-state index contributed by atoms with van der Waals surface area (Å²) in [5, 5.41) is 2.50. The fourth-order valence-corrected chi connectivity index (χ4v) is 3.94. The average Bonchev–Trinajstić information content (AvgIpc) is 3.09. The molecule has 1 heterocycles. The number of carbonyl (C=O) groups excluding carboxylic acids is 4. The summed E-state index contributed by atoms with van der Waals surface area (Å²) in [5.41, 5.74) is 2.32. The monoisotopic (exact) mass is 504 g/mol. The maximum atomic E-state index is 13.1. The van der Waals surface area contributed by atoms with Crippen molar-refractivity contribution in [2.45, 2.75) is 13.8 Å². The van der Waals surface area contributed by atoms with Crippen molar-refractivity contribution in [3.8, 4) is 5.75 Å². The first kappa shape index (κ1) is 24.7. The second-order valence-electron chi connectivity index (χ2n) is 7.96. The molecule has 3 aromatic rings. The highest BCUT2D eigenvalue weighted by Crippen LogP contribution is 2.32. The Morgan fingerprint density at radius 3 is 2.11 bits per heavy atom. The van der Waals surface area contributed by atoms with E-state index >= 15 is 0 Å². The van der Waals surface area contributed by atoms with Crippen LogP contribution in [0.15, 0.2) is 77.5 Å². The molecule has 0 aromatic heterocycles. The van der Waals surface area contributed by atoms with Gasteiger partial charge < -0.3 is 14.8 Å². The zero-order valence-corrected chi connectivity index (χ0v) is 20.4. The minimum absolute atomic E-state index is 0.0409. The van der Waals surface area contributed by atoms with Crippen LogP contribution >= 0.6 is 11.6 Å². The Morgan fingerprint density at radius 1 is 0.833 bits per heavy atom. The summed E-state index contributed by atoms with van der Waals surface area (Å²) in [5.74, 6) is -2.25. The summed E-state index contributed by atoms with van der Waals surface area (Å²) in [6.07, 6.45) is 0. The largest absolute Gasteiger partial charge is 0.465 e. The molecule has 0 unspecified atom stereocenters. The zero-order valence-electron chi connectivity index (χ0n) is 19.6. The van der Waals surface area contributed by atoms with Crippen molar-refractivity contribution in [3.05, 3.63) is 99.7 Å². The molecule has 8 nitrogen and oxygen atoms in total. The molecule has 0 spiro atoms. The lowest BCUT2D eigenvalue weighted by molar-refractivity contribution is -0.120. The van der Waals surface area contributed by atoms with Gasteiger partial charge in [-0.2, -0.15) is 0 Å². The second-order valence-corrected chi connectivity index (χ2v) is 8.33. The molecule has 3 aromatic carbocycles. The number of halogens is 1. The third-order valence-corrected chi connectivity index (χ3v) is 5.92. The highest BCUT2D eigenvalue weighted by atomic mass is 35.5. The molecule has 0 saturated carbocycles. The van der Waals surface area contributed by atoms with E-state index in [9.17, 15) is 19.2 Å². The normalized spacial score (nSPS) is 13.2. The number of imide groups is 1. The molecule has 9 heteroatoms. The van der Waals surface area contributed by atoms with Gasteiger partial charge in [0.25, 0.3) is 11.8 Å². The molecule has 4 rings (SSSR count). The number of methoxy groups -OCH3 is 1. The number of para-hydroxylation sites is 2. The van der Waals surface area contributed by atoms with E-state index < -0.39 is 23.8 Å². The molecule has 1 N–H and O–H groups in total. The number of benzene rings is 3.